The predicted octanol–water partition coefficient (Wildman–Crippen LogP) is 0.246. The largest absolute Gasteiger partial charge is 0.425 e. The Kier molecular flexibility index (Phi) is 1.89. The summed E-state index contributed by atoms with van der Waals surface area (Å²) < 4.78 is 1.62. The third-order valence-electron chi connectivity index (χ3n) is 2.40. The fraction of sp³-hybridized carbons (Fsp3) is 0.200. The first-order chi connectivity index (χ1) is 7.02. The molecule has 5 nitrogen and oxygen atoms in total. The minimum Gasteiger partial charge on any atom is -0.425 e. The van der Waals surface area contributed by atoms with E-state index >= 15 is 0 Å². The van der Waals surface area contributed by atoms with Crippen LogP contribution >= 0.6 is 0 Å². The summed E-state index contributed by atoms with van der Waals surface area (Å²) in [6, 6.07) is 5.10. The smallest absolute Gasteiger partial charge is 0.349 e. The van der Waals surface area contributed by atoms with Crippen LogP contribution in [-0.2, 0) is 7.05 Å². The number of aromatic nitrogens is 2. The van der Waals surface area contributed by atoms with E-state index in [2.05, 4.69) is 0 Å². The Bertz CT molecular complexity index is 652. The number of hydrogen-bond donors (Lipinski definition) is 1. The van der Waals surface area contributed by atoms with Gasteiger partial charge in [-0.05, 0) is 24.6 Å². The molecule has 0 amide bonds. The number of fused-ring (bicyclic) bond motifs is 1. The van der Waals surface area contributed by atoms with Crippen molar-refractivity contribution >= 4 is 11.0 Å². The standard InChI is InChI=1S/C10H10N2O3/c1-6-3-4-7-8(5-6)11(2)9(13)10(14)12(7)15/h3-5,15H,1-2H3. The molecule has 78 valence electrons. The van der Waals surface area contributed by atoms with E-state index in [1.54, 1.807) is 18.2 Å². The Hall–Kier alpha value is -2.04. The second-order valence-electron chi connectivity index (χ2n) is 3.47. The third kappa shape index (κ3) is 1.24. The fourth-order valence-corrected chi connectivity index (χ4v) is 1.53. The minimum atomic E-state index is -0.936. The molecule has 0 spiro atoms. The van der Waals surface area contributed by atoms with Crippen LogP contribution in [-0.4, -0.2) is 14.5 Å². The summed E-state index contributed by atoms with van der Waals surface area (Å²) in [5.74, 6) is 0. The summed E-state index contributed by atoms with van der Waals surface area (Å²) in [5, 5.41) is 9.45. The third-order valence-corrected chi connectivity index (χ3v) is 2.40. The molecule has 0 fully saturated rings. The van der Waals surface area contributed by atoms with Crippen molar-refractivity contribution in [1.29, 1.82) is 0 Å². The van der Waals surface area contributed by atoms with Crippen LogP contribution in [0.5, 0.6) is 0 Å². The van der Waals surface area contributed by atoms with Crippen LogP contribution in [0.2, 0.25) is 0 Å². The zero-order valence-corrected chi connectivity index (χ0v) is 8.39. The maximum Gasteiger partial charge on any atom is 0.349 e. The predicted molar refractivity (Wildman–Crippen MR) is 55.4 cm³/mol. The van der Waals surface area contributed by atoms with E-state index in [0.717, 1.165) is 5.56 Å². The van der Waals surface area contributed by atoms with Gasteiger partial charge in [-0.2, -0.15) is 0 Å². The van der Waals surface area contributed by atoms with E-state index in [0.29, 0.717) is 15.8 Å². The molecule has 5 heteroatoms. The van der Waals surface area contributed by atoms with E-state index < -0.39 is 11.1 Å². The van der Waals surface area contributed by atoms with Crippen LogP contribution in [0, 0.1) is 6.92 Å². The first kappa shape index (κ1) is 9.51. The summed E-state index contributed by atoms with van der Waals surface area (Å²) >= 11 is 0. The molecule has 0 bridgehead atoms. The number of nitrogens with zero attached hydrogens (tertiary/aromatic N) is 2. The molecule has 0 atom stereocenters. The molecule has 1 aromatic carbocycles. The van der Waals surface area contributed by atoms with Crippen LogP contribution in [0.1, 0.15) is 5.56 Å². The average molecular weight is 206 g/mol. The summed E-state index contributed by atoms with van der Waals surface area (Å²) in [4.78, 5) is 22.7. The molecule has 1 aromatic heterocycles. The average Bonchev–Trinajstić information content (AvgIpc) is 2.23. The van der Waals surface area contributed by atoms with E-state index in [1.807, 2.05) is 6.92 Å². The highest BCUT2D eigenvalue weighted by atomic mass is 16.5. The molecular weight excluding hydrogens is 196 g/mol. The Labute approximate surface area is 84.8 Å². The molecule has 2 rings (SSSR count). The van der Waals surface area contributed by atoms with Gasteiger partial charge < -0.3 is 9.77 Å². The molecule has 1 N–H and O–H groups in total. The highest BCUT2D eigenvalue weighted by molar-refractivity contribution is 5.75. The number of hydrogen-bond acceptors (Lipinski definition) is 3. The van der Waals surface area contributed by atoms with E-state index in [-0.39, 0.29) is 0 Å². The van der Waals surface area contributed by atoms with Crippen LogP contribution < -0.4 is 11.1 Å². The van der Waals surface area contributed by atoms with Gasteiger partial charge in [0.1, 0.15) is 5.52 Å². The van der Waals surface area contributed by atoms with E-state index in [4.69, 9.17) is 0 Å². The molecule has 0 saturated carbocycles. The molecule has 15 heavy (non-hydrogen) atoms. The Morgan fingerprint density at radius 3 is 2.47 bits per heavy atom. The van der Waals surface area contributed by atoms with Crippen LogP contribution in [0.4, 0.5) is 0 Å². The van der Waals surface area contributed by atoms with Crippen LogP contribution in [0.25, 0.3) is 11.0 Å². The van der Waals surface area contributed by atoms with Gasteiger partial charge in [0.25, 0.3) is 0 Å². The number of rotatable bonds is 0. The highest BCUT2D eigenvalue weighted by Gasteiger charge is 2.09. The van der Waals surface area contributed by atoms with Crippen LogP contribution in [0.15, 0.2) is 27.8 Å². The van der Waals surface area contributed by atoms with E-state index in [9.17, 15) is 14.8 Å². The van der Waals surface area contributed by atoms with Gasteiger partial charge >= 0.3 is 11.1 Å². The first-order valence-corrected chi connectivity index (χ1v) is 4.44. The summed E-state index contributed by atoms with van der Waals surface area (Å²) in [6.45, 7) is 1.87. The summed E-state index contributed by atoms with van der Waals surface area (Å²) in [7, 11) is 1.51. The zero-order chi connectivity index (χ0) is 11.2. The number of benzene rings is 1. The second-order valence-corrected chi connectivity index (χ2v) is 3.47. The Balaban J connectivity index is 3.15. The highest BCUT2D eigenvalue weighted by Crippen LogP contribution is 2.10. The minimum absolute atomic E-state index is 0.327. The van der Waals surface area contributed by atoms with Gasteiger partial charge in [0.2, 0.25) is 0 Å². The van der Waals surface area contributed by atoms with Gasteiger partial charge in [-0.25, -0.2) is 0 Å². The molecule has 0 unspecified atom stereocenters. The molecule has 0 aliphatic carbocycles. The lowest BCUT2D eigenvalue weighted by Gasteiger charge is -2.07. The molecule has 0 saturated heterocycles. The second kappa shape index (κ2) is 2.98. The van der Waals surface area contributed by atoms with Gasteiger partial charge in [0.05, 0.1) is 5.52 Å². The molecule has 0 aliphatic rings. The Morgan fingerprint density at radius 2 is 1.80 bits per heavy atom. The van der Waals surface area contributed by atoms with Crippen molar-refractivity contribution in [3.8, 4) is 0 Å². The zero-order valence-electron chi connectivity index (χ0n) is 8.39. The Morgan fingerprint density at radius 1 is 1.13 bits per heavy atom. The summed E-state index contributed by atoms with van der Waals surface area (Å²) in [5.41, 5.74) is 0.135. The maximum atomic E-state index is 11.4. The molecular formula is C10H10N2O3. The van der Waals surface area contributed by atoms with Gasteiger partial charge in [-0.3, -0.25) is 9.59 Å². The SMILES string of the molecule is Cc1ccc2c(c1)n(C)c(=O)c(=O)n2O. The number of aryl methyl sites for hydroxylation is 2. The molecule has 0 aliphatic heterocycles. The lowest BCUT2D eigenvalue weighted by molar-refractivity contribution is 0.186. The van der Waals surface area contributed by atoms with Gasteiger partial charge in [0.15, 0.2) is 0 Å². The van der Waals surface area contributed by atoms with Crippen molar-refractivity contribution in [2.45, 2.75) is 6.92 Å². The lowest BCUT2D eigenvalue weighted by Crippen LogP contribution is -2.39. The van der Waals surface area contributed by atoms with Gasteiger partial charge in [-0.15, -0.1) is 4.73 Å². The first-order valence-electron chi connectivity index (χ1n) is 4.44. The summed E-state index contributed by atoms with van der Waals surface area (Å²) in [6.07, 6.45) is 0. The van der Waals surface area contributed by atoms with Crippen molar-refractivity contribution < 1.29 is 5.21 Å². The van der Waals surface area contributed by atoms with Crippen molar-refractivity contribution in [2.75, 3.05) is 0 Å². The molecule has 2 aromatic rings. The lowest BCUT2D eigenvalue weighted by atomic mass is 10.2. The monoisotopic (exact) mass is 206 g/mol. The van der Waals surface area contributed by atoms with Crippen molar-refractivity contribution in [3.05, 3.63) is 44.5 Å². The van der Waals surface area contributed by atoms with Gasteiger partial charge in [0, 0.05) is 7.05 Å². The fourth-order valence-electron chi connectivity index (χ4n) is 1.53. The van der Waals surface area contributed by atoms with Gasteiger partial charge in [-0.1, -0.05) is 6.07 Å². The van der Waals surface area contributed by atoms with E-state index in [1.165, 1.54) is 11.6 Å². The maximum absolute atomic E-state index is 11.4. The van der Waals surface area contributed by atoms with Crippen molar-refractivity contribution in [2.24, 2.45) is 7.05 Å². The normalized spacial score (nSPS) is 10.8. The van der Waals surface area contributed by atoms with Crippen LogP contribution in [0.3, 0.4) is 0 Å². The van der Waals surface area contributed by atoms with Crippen molar-refractivity contribution in [3.63, 3.8) is 0 Å². The topological polar surface area (TPSA) is 64.2 Å². The quantitative estimate of drug-likeness (QED) is 0.496. The molecule has 1 heterocycles. The van der Waals surface area contributed by atoms with Crippen molar-refractivity contribution in [1.82, 2.24) is 9.30 Å². The molecule has 0 radical (unpaired) electrons.